The lowest BCUT2D eigenvalue weighted by Gasteiger charge is -2.17. The third-order valence-corrected chi connectivity index (χ3v) is 2.13. The van der Waals surface area contributed by atoms with Crippen LogP contribution in [-0.2, 0) is 4.79 Å². The third-order valence-electron chi connectivity index (χ3n) is 2.13. The average molecular weight is 230 g/mol. The fourth-order valence-corrected chi connectivity index (χ4v) is 1.14. The Kier molecular flexibility index (Phi) is 7.78. The zero-order valence-corrected chi connectivity index (χ0v) is 9.55. The quantitative estimate of drug-likeness (QED) is 0.319. The molecule has 0 fully saturated rings. The zero-order chi connectivity index (χ0) is 12.4. The van der Waals surface area contributed by atoms with Crippen molar-refractivity contribution < 1.29 is 15.2 Å². The van der Waals surface area contributed by atoms with E-state index in [9.17, 15) is 4.79 Å². The third kappa shape index (κ3) is 5.30. The Bertz CT molecular complexity index is 261. The molecule has 0 bridgehead atoms. The van der Waals surface area contributed by atoms with Crippen molar-refractivity contribution in [1.82, 2.24) is 10.2 Å². The predicted octanol–water partition coefficient (Wildman–Crippen LogP) is -0.265. The van der Waals surface area contributed by atoms with Crippen molar-refractivity contribution in [2.24, 2.45) is 10.3 Å². The van der Waals surface area contributed by atoms with Gasteiger partial charge < -0.3 is 20.6 Å². The molecule has 7 heteroatoms. The lowest BCUT2D eigenvalue weighted by Crippen LogP contribution is -2.38. The molecule has 0 aliphatic rings. The van der Waals surface area contributed by atoms with Gasteiger partial charge in [0.2, 0.25) is 0 Å². The molecule has 92 valence electrons. The lowest BCUT2D eigenvalue weighted by molar-refractivity contribution is -0.114. The van der Waals surface area contributed by atoms with Gasteiger partial charge in [-0.05, 0) is 13.1 Å². The molecule has 0 atom stereocenters. The highest BCUT2D eigenvalue weighted by molar-refractivity contribution is 6.60. The van der Waals surface area contributed by atoms with Gasteiger partial charge in [-0.3, -0.25) is 4.79 Å². The van der Waals surface area contributed by atoms with E-state index in [1.54, 1.807) is 0 Å². The highest BCUT2D eigenvalue weighted by Gasteiger charge is 2.09. The number of carbonyl (C=O) groups is 1. The van der Waals surface area contributed by atoms with Gasteiger partial charge in [-0.25, -0.2) is 0 Å². The average Bonchev–Trinajstić information content (AvgIpc) is 2.31. The Morgan fingerprint density at radius 2 is 2.00 bits per heavy atom. The number of carbonyl (C=O) groups excluding carboxylic acids is 1. The number of rotatable bonds is 7. The molecule has 0 aliphatic carbocycles. The van der Waals surface area contributed by atoms with Crippen LogP contribution in [0.5, 0.6) is 0 Å². The van der Waals surface area contributed by atoms with Gasteiger partial charge >= 0.3 is 0 Å². The minimum Gasteiger partial charge on any atom is -0.411 e. The molecule has 0 aromatic heterocycles. The molecule has 0 aromatic rings. The second kappa shape index (κ2) is 8.66. The molecule has 7 nitrogen and oxygen atoms in total. The maximum atomic E-state index is 11.3. The van der Waals surface area contributed by atoms with Crippen LogP contribution in [0.3, 0.4) is 0 Å². The van der Waals surface area contributed by atoms with Crippen molar-refractivity contribution >= 4 is 17.8 Å². The number of nitrogens with one attached hydrogen (secondary N) is 1. The predicted molar refractivity (Wildman–Crippen MR) is 60.3 cm³/mol. The van der Waals surface area contributed by atoms with Crippen LogP contribution in [0, 0.1) is 0 Å². The second-order valence-electron chi connectivity index (χ2n) is 3.01. The summed E-state index contributed by atoms with van der Waals surface area (Å²) in [5.74, 6) is -0.576. The first-order valence-electron chi connectivity index (χ1n) is 5.09. The Morgan fingerprint density at radius 1 is 1.38 bits per heavy atom. The smallest absolute Gasteiger partial charge is 0.275 e. The number of oxime groups is 2. The van der Waals surface area contributed by atoms with E-state index in [1.165, 1.54) is 0 Å². The van der Waals surface area contributed by atoms with Crippen LogP contribution >= 0.6 is 0 Å². The van der Waals surface area contributed by atoms with E-state index in [4.69, 9.17) is 10.4 Å². The van der Waals surface area contributed by atoms with Crippen molar-refractivity contribution in [1.29, 1.82) is 0 Å². The summed E-state index contributed by atoms with van der Waals surface area (Å²) >= 11 is 0. The molecular formula is C9H18N4O3. The Morgan fingerprint density at radius 3 is 2.44 bits per heavy atom. The first-order chi connectivity index (χ1) is 7.69. The SMILES string of the molecule is CCN(CC)CCNC(=O)C(C=NO)=NO. The molecule has 0 spiro atoms. The number of amides is 1. The minimum atomic E-state index is -0.576. The van der Waals surface area contributed by atoms with Crippen LogP contribution in [0.2, 0.25) is 0 Å². The summed E-state index contributed by atoms with van der Waals surface area (Å²) in [5.41, 5.74) is -0.331. The maximum absolute atomic E-state index is 11.3. The van der Waals surface area contributed by atoms with E-state index in [0.29, 0.717) is 13.1 Å². The maximum Gasteiger partial charge on any atom is 0.275 e. The van der Waals surface area contributed by atoms with Gasteiger partial charge in [0.15, 0.2) is 5.71 Å². The normalized spacial score (nSPS) is 12.3. The van der Waals surface area contributed by atoms with E-state index < -0.39 is 5.91 Å². The number of nitrogens with zero attached hydrogens (tertiary/aromatic N) is 3. The van der Waals surface area contributed by atoms with Gasteiger partial charge in [0.05, 0.1) is 0 Å². The van der Waals surface area contributed by atoms with Gasteiger partial charge in [-0.15, -0.1) is 0 Å². The van der Waals surface area contributed by atoms with Crippen molar-refractivity contribution in [3.05, 3.63) is 0 Å². The summed E-state index contributed by atoms with van der Waals surface area (Å²) in [4.78, 5) is 13.4. The van der Waals surface area contributed by atoms with Gasteiger partial charge in [-0.1, -0.05) is 24.2 Å². The molecule has 3 N–H and O–H groups in total. The molecule has 0 saturated heterocycles. The van der Waals surface area contributed by atoms with E-state index >= 15 is 0 Å². The highest BCUT2D eigenvalue weighted by atomic mass is 16.4. The fraction of sp³-hybridized carbons (Fsp3) is 0.667. The van der Waals surface area contributed by atoms with Gasteiger partial charge in [-0.2, -0.15) is 0 Å². The van der Waals surface area contributed by atoms with Crippen LogP contribution < -0.4 is 5.32 Å². The summed E-state index contributed by atoms with van der Waals surface area (Å²) < 4.78 is 0. The first-order valence-corrected chi connectivity index (χ1v) is 5.09. The van der Waals surface area contributed by atoms with Crippen LogP contribution in [0.4, 0.5) is 0 Å². The van der Waals surface area contributed by atoms with Crippen LogP contribution in [0.1, 0.15) is 13.8 Å². The van der Waals surface area contributed by atoms with E-state index in [0.717, 1.165) is 19.3 Å². The van der Waals surface area contributed by atoms with E-state index in [1.807, 2.05) is 13.8 Å². The summed E-state index contributed by atoms with van der Waals surface area (Å²) in [6, 6.07) is 0. The number of hydrogen-bond acceptors (Lipinski definition) is 6. The molecule has 0 heterocycles. The second-order valence-corrected chi connectivity index (χ2v) is 3.01. The Labute approximate surface area is 94.4 Å². The largest absolute Gasteiger partial charge is 0.411 e. The van der Waals surface area contributed by atoms with Gasteiger partial charge in [0, 0.05) is 13.1 Å². The molecule has 0 rings (SSSR count). The summed E-state index contributed by atoms with van der Waals surface area (Å²) in [7, 11) is 0. The molecule has 0 unspecified atom stereocenters. The number of hydrogen-bond donors (Lipinski definition) is 3. The summed E-state index contributed by atoms with van der Waals surface area (Å²) in [6.07, 6.45) is 0.771. The van der Waals surface area contributed by atoms with Gasteiger partial charge in [0.25, 0.3) is 5.91 Å². The standard InChI is InChI=1S/C9H18N4O3/c1-3-13(4-2)6-5-10-9(14)8(12-16)7-11-15/h7,15-16H,3-6H2,1-2H3,(H,10,14). The van der Waals surface area contributed by atoms with E-state index in [2.05, 4.69) is 20.5 Å². The monoisotopic (exact) mass is 230 g/mol. The molecule has 0 saturated carbocycles. The molecular weight excluding hydrogens is 212 g/mol. The summed E-state index contributed by atoms with van der Waals surface area (Å²) in [6.45, 7) is 7.04. The molecule has 0 aromatic carbocycles. The van der Waals surface area contributed by atoms with Crippen molar-refractivity contribution in [3.8, 4) is 0 Å². The molecule has 0 radical (unpaired) electrons. The minimum absolute atomic E-state index is 0.331. The zero-order valence-electron chi connectivity index (χ0n) is 9.55. The highest BCUT2D eigenvalue weighted by Crippen LogP contribution is 1.84. The fourth-order valence-electron chi connectivity index (χ4n) is 1.14. The van der Waals surface area contributed by atoms with E-state index in [-0.39, 0.29) is 5.71 Å². The molecule has 16 heavy (non-hydrogen) atoms. The number of likely N-dealkylation sites (N-methyl/N-ethyl adjacent to an activating group) is 1. The van der Waals surface area contributed by atoms with Crippen LogP contribution in [0.25, 0.3) is 0 Å². The Balaban J connectivity index is 3.97. The molecule has 0 aliphatic heterocycles. The van der Waals surface area contributed by atoms with Crippen molar-refractivity contribution in [2.75, 3.05) is 26.2 Å². The van der Waals surface area contributed by atoms with Crippen LogP contribution in [-0.4, -0.2) is 59.3 Å². The lowest BCUT2D eigenvalue weighted by atomic mass is 10.3. The topological polar surface area (TPSA) is 97.5 Å². The van der Waals surface area contributed by atoms with Crippen molar-refractivity contribution in [3.63, 3.8) is 0 Å². The Hall–Kier alpha value is -1.63. The van der Waals surface area contributed by atoms with Gasteiger partial charge in [0.1, 0.15) is 6.21 Å². The van der Waals surface area contributed by atoms with Crippen LogP contribution in [0.15, 0.2) is 10.3 Å². The summed E-state index contributed by atoms with van der Waals surface area (Å²) in [5, 5.41) is 24.5. The molecule has 1 amide bonds. The first kappa shape index (κ1) is 14.4. The van der Waals surface area contributed by atoms with Crippen molar-refractivity contribution in [2.45, 2.75) is 13.8 Å².